The van der Waals surface area contributed by atoms with E-state index in [2.05, 4.69) is 22.3 Å². The summed E-state index contributed by atoms with van der Waals surface area (Å²) >= 11 is 0. The molecule has 0 aliphatic rings. The quantitative estimate of drug-likeness (QED) is 0.135. The summed E-state index contributed by atoms with van der Waals surface area (Å²) in [6.07, 6.45) is 0.514. The summed E-state index contributed by atoms with van der Waals surface area (Å²) in [5.41, 5.74) is 10.7. The van der Waals surface area contributed by atoms with Crippen molar-refractivity contribution in [2.75, 3.05) is 14.2 Å². The maximum atomic E-state index is 14.7. The Morgan fingerprint density at radius 1 is 1.00 bits per heavy atom. The highest BCUT2D eigenvalue weighted by molar-refractivity contribution is 6.32. The lowest BCUT2D eigenvalue weighted by Gasteiger charge is -2.34. The zero-order valence-corrected chi connectivity index (χ0v) is 30.0. The first-order chi connectivity index (χ1) is 23.1. The van der Waals surface area contributed by atoms with Gasteiger partial charge in [-0.05, 0) is 94.8 Å². The number of nitrogens with two attached hydrogens (primary N) is 1. The zero-order chi connectivity index (χ0) is 36.5. The minimum atomic E-state index is -1.05. The van der Waals surface area contributed by atoms with Gasteiger partial charge >= 0.3 is 6.09 Å². The van der Waals surface area contributed by atoms with Crippen molar-refractivity contribution >= 4 is 43.6 Å². The van der Waals surface area contributed by atoms with Crippen LogP contribution in [0.4, 0.5) is 4.79 Å². The minimum Gasteiger partial charge on any atom is -0.493 e. The number of nitrogens with zero attached hydrogens (tertiary/aromatic N) is 2. The molecule has 12 heteroatoms. The molecule has 0 bridgehead atoms. The van der Waals surface area contributed by atoms with Crippen LogP contribution in [-0.2, 0) is 22.5 Å². The van der Waals surface area contributed by atoms with Crippen LogP contribution in [-0.4, -0.2) is 69.4 Å². The summed E-state index contributed by atoms with van der Waals surface area (Å²) in [5, 5.41) is 6.14. The van der Waals surface area contributed by atoms with Crippen LogP contribution in [0.3, 0.4) is 0 Å². The molecule has 2 atom stereocenters. The van der Waals surface area contributed by atoms with Crippen molar-refractivity contribution < 1.29 is 28.6 Å². The summed E-state index contributed by atoms with van der Waals surface area (Å²) < 4.78 is 16.5. The molecule has 11 nitrogen and oxygen atoms in total. The summed E-state index contributed by atoms with van der Waals surface area (Å²) in [5.74, 6) is 0.128. The molecule has 0 spiro atoms. The van der Waals surface area contributed by atoms with E-state index in [-0.39, 0.29) is 18.9 Å². The van der Waals surface area contributed by atoms with Gasteiger partial charge in [-0.1, -0.05) is 35.8 Å². The van der Waals surface area contributed by atoms with Crippen LogP contribution in [0.15, 0.2) is 65.8 Å². The Morgan fingerprint density at radius 2 is 1.65 bits per heavy atom. The number of carbonyl (C=O) groups excluding carboxylic acids is 3. The number of benzene rings is 3. The van der Waals surface area contributed by atoms with Gasteiger partial charge in [0.2, 0.25) is 11.8 Å². The molecule has 49 heavy (non-hydrogen) atoms. The van der Waals surface area contributed by atoms with E-state index in [1.807, 2.05) is 58.9 Å². The third kappa shape index (κ3) is 10.6. The Kier molecular flexibility index (Phi) is 13.0. The van der Waals surface area contributed by atoms with Gasteiger partial charge in [0, 0.05) is 30.3 Å². The second-order valence-electron chi connectivity index (χ2n) is 12.9. The Labute approximate surface area is 290 Å². The predicted octanol–water partition coefficient (Wildman–Crippen LogP) is 3.78. The first kappa shape index (κ1) is 38.2. The molecule has 0 aliphatic heterocycles. The Bertz CT molecular complexity index is 1690. The van der Waals surface area contributed by atoms with Crippen molar-refractivity contribution in [1.29, 1.82) is 0 Å². The van der Waals surface area contributed by atoms with Gasteiger partial charge < -0.3 is 35.5 Å². The highest BCUT2D eigenvalue weighted by atomic mass is 16.6. The number of primary amides is 1. The van der Waals surface area contributed by atoms with E-state index in [4.69, 9.17) is 19.9 Å². The van der Waals surface area contributed by atoms with E-state index in [9.17, 15) is 14.4 Å². The van der Waals surface area contributed by atoms with Gasteiger partial charge in [-0.3, -0.25) is 14.6 Å². The van der Waals surface area contributed by atoms with E-state index < -0.39 is 29.8 Å². The first-order valence-corrected chi connectivity index (χ1v) is 16.0. The predicted molar refractivity (Wildman–Crippen MR) is 196 cm³/mol. The van der Waals surface area contributed by atoms with Gasteiger partial charge in [0.1, 0.15) is 19.5 Å². The average Bonchev–Trinajstić information content (AvgIpc) is 3.03. The smallest absolute Gasteiger partial charge is 0.408 e. The van der Waals surface area contributed by atoms with Crippen LogP contribution in [0.25, 0.3) is 5.70 Å². The van der Waals surface area contributed by atoms with E-state index in [0.717, 1.165) is 33.3 Å². The molecule has 3 rings (SSSR count). The van der Waals surface area contributed by atoms with Crippen LogP contribution in [0, 0.1) is 13.8 Å². The second-order valence-corrected chi connectivity index (χ2v) is 12.9. The molecule has 0 heterocycles. The Hall–Kier alpha value is -5.26. The molecular formula is C37H48BN5O6. The van der Waals surface area contributed by atoms with Crippen LogP contribution in [0.1, 0.15) is 65.9 Å². The van der Waals surface area contributed by atoms with E-state index in [0.29, 0.717) is 22.8 Å². The first-order valence-electron chi connectivity index (χ1n) is 16.0. The maximum Gasteiger partial charge on any atom is 0.408 e. The van der Waals surface area contributed by atoms with Crippen molar-refractivity contribution in [3.05, 3.63) is 94.2 Å². The summed E-state index contributed by atoms with van der Waals surface area (Å²) in [6.45, 7) is 14.7. The molecule has 260 valence electrons. The second kappa shape index (κ2) is 16.7. The summed E-state index contributed by atoms with van der Waals surface area (Å²) in [6, 6.07) is 15.6. The number of hydrogen-bond donors (Lipinski definition) is 3. The van der Waals surface area contributed by atoms with E-state index >= 15 is 0 Å². The number of hydrogen-bond acceptors (Lipinski definition) is 8. The van der Waals surface area contributed by atoms with Crippen LogP contribution >= 0.6 is 0 Å². The van der Waals surface area contributed by atoms with Crippen molar-refractivity contribution in [3.8, 4) is 11.5 Å². The molecule has 0 saturated heterocycles. The largest absolute Gasteiger partial charge is 0.493 e. The number of carbonyl (C=O) groups is 3. The highest BCUT2D eigenvalue weighted by Gasteiger charge is 2.32. The molecule has 0 fully saturated rings. The number of aryl methyl sites for hydroxylation is 2. The zero-order valence-electron chi connectivity index (χ0n) is 30.0. The third-order valence-electron chi connectivity index (χ3n) is 7.87. The highest BCUT2D eigenvalue weighted by Crippen LogP contribution is 2.29. The van der Waals surface area contributed by atoms with Gasteiger partial charge in [0.05, 0.1) is 26.1 Å². The fourth-order valence-corrected chi connectivity index (χ4v) is 5.41. The molecule has 3 amide bonds. The molecule has 0 saturated carbocycles. The van der Waals surface area contributed by atoms with Crippen LogP contribution < -0.4 is 31.3 Å². The molecule has 0 aromatic heterocycles. The number of ether oxygens (including phenoxy) is 3. The van der Waals surface area contributed by atoms with Gasteiger partial charge in [0.25, 0.3) is 0 Å². The monoisotopic (exact) mass is 669 g/mol. The molecule has 3 aromatic carbocycles. The normalized spacial score (nSPS) is 12.7. The van der Waals surface area contributed by atoms with Gasteiger partial charge in [0.15, 0.2) is 11.5 Å². The SMILES string of the molecule is Bc1cccc(/C(=C/NC(C)N(Cc2ccc(OC)c(OC)c2)C(=O)[C@H](Cc2c(C)cc(C(N)=O)cc2C)NC(=O)OC(C)(C)C)N=C)c1. The standard InChI is InChI=1S/C37H48BN5O6/c1-22-15-27(34(39)44)16-23(2)29(22)19-30(42-36(46)49-37(4,5)6)35(45)43(21-25-13-14-32(47-8)33(17-25)48-9)24(3)41-20-31(40-7)26-11-10-12-28(38)18-26/h10-18,20,24,30,41H,7,19,21,38H2,1-6,8-9H3,(H2,39,44)(H,42,46)/b31-20-/t24?,30-/m0/s1. The topological polar surface area (TPSA) is 145 Å². The number of methoxy groups -OCH3 is 2. The lowest BCUT2D eigenvalue weighted by Crippen LogP contribution is -2.55. The van der Waals surface area contributed by atoms with E-state index in [1.54, 1.807) is 70.4 Å². The average molecular weight is 670 g/mol. The Morgan fingerprint density at radius 3 is 2.20 bits per heavy atom. The van der Waals surface area contributed by atoms with Crippen LogP contribution in [0.2, 0.25) is 0 Å². The van der Waals surface area contributed by atoms with Gasteiger partial charge in [-0.15, -0.1) is 0 Å². The maximum absolute atomic E-state index is 14.7. The Balaban J connectivity index is 2.10. The van der Waals surface area contributed by atoms with Crippen molar-refractivity contribution in [1.82, 2.24) is 15.5 Å². The molecule has 0 aliphatic carbocycles. The lowest BCUT2D eigenvalue weighted by molar-refractivity contribution is -0.136. The summed E-state index contributed by atoms with van der Waals surface area (Å²) in [7, 11) is 5.09. The fourth-order valence-electron chi connectivity index (χ4n) is 5.41. The number of rotatable bonds is 14. The molecule has 4 N–H and O–H groups in total. The van der Waals surface area contributed by atoms with Crippen molar-refractivity contribution in [3.63, 3.8) is 0 Å². The summed E-state index contributed by atoms with van der Waals surface area (Å²) in [4.78, 5) is 45.7. The molecular weight excluding hydrogens is 621 g/mol. The molecule has 1 unspecified atom stereocenters. The van der Waals surface area contributed by atoms with E-state index in [1.165, 1.54) is 0 Å². The van der Waals surface area contributed by atoms with Gasteiger partial charge in [-0.25, -0.2) is 4.79 Å². The number of aliphatic imine (C=N–C) groups is 1. The lowest BCUT2D eigenvalue weighted by atomic mass is 9.93. The fraction of sp³-hybridized carbons (Fsp3) is 0.351. The van der Waals surface area contributed by atoms with Gasteiger partial charge in [-0.2, -0.15) is 0 Å². The van der Waals surface area contributed by atoms with Crippen molar-refractivity contribution in [2.24, 2.45) is 10.7 Å². The number of alkyl carbamates (subject to hydrolysis) is 1. The van der Waals surface area contributed by atoms with Crippen molar-refractivity contribution in [2.45, 2.75) is 72.3 Å². The minimum absolute atomic E-state index is 0.128. The third-order valence-corrected chi connectivity index (χ3v) is 7.87. The van der Waals surface area contributed by atoms with Crippen LogP contribution in [0.5, 0.6) is 11.5 Å². The molecule has 3 aromatic rings. The number of amides is 3. The molecule has 0 radical (unpaired) electrons. The number of nitrogens with one attached hydrogen (secondary N) is 2.